The second kappa shape index (κ2) is 8.02. The summed E-state index contributed by atoms with van der Waals surface area (Å²) in [4.78, 5) is 11.7. The molecule has 0 aliphatic heterocycles. The third kappa shape index (κ3) is 4.78. The van der Waals surface area contributed by atoms with Crippen LogP contribution in [0.25, 0.3) is 6.08 Å². The Bertz CT molecular complexity index is 551. The molecule has 6 heteroatoms. The zero-order valence-electron chi connectivity index (χ0n) is 11.0. The van der Waals surface area contributed by atoms with Gasteiger partial charge in [-0.25, -0.2) is 8.78 Å². The van der Waals surface area contributed by atoms with Crippen molar-refractivity contribution in [1.82, 2.24) is 5.32 Å². The highest BCUT2D eigenvalue weighted by Crippen LogP contribution is 2.13. The van der Waals surface area contributed by atoms with Crippen molar-refractivity contribution in [2.75, 3.05) is 20.3 Å². The van der Waals surface area contributed by atoms with E-state index in [0.29, 0.717) is 19.6 Å². The number of methoxy groups -OCH3 is 1. The molecule has 0 atom stereocenters. The van der Waals surface area contributed by atoms with E-state index in [4.69, 9.17) is 10.00 Å². The Hall–Kier alpha value is -2.26. The quantitative estimate of drug-likeness (QED) is 0.492. The lowest BCUT2D eigenvalue weighted by atomic mass is 10.1. The third-order valence-corrected chi connectivity index (χ3v) is 2.43. The Morgan fingerprint density at radius 2 is 2.25 bits per heavy atom. The minimum Gasteiger partial charge on any atom is -0.385 e. The molecule has 0 heterocycles. The fourth-order valence-electron chi connectivity index (χ4n) is 1.44. The number of nitrogens with one attached hydrogen (secondary N) is 1. The molecule has 0 saturated heterocycles. The molecule has 0 fully saturated rings. The predicted octanol–water partition coefficient (Wildman–Crippen LogP) is 2.02. The first kappa shape index (κ1) is 15.8. The van der Waals surface area contributed by atoms with Gasteiger partial charge in [0.25, 0.3) is 5.91 Å². The van der Waals surface area contributed by atoms with Gasteiger partial charge in [0.15, 0.2) is 0 Å². The summed E-state index contributed by atoms with van der Waals surface area (Å²) in [7, 11) is 1.54. The molecule has 1 N–H and O–H groups in total. The van der Waals surface area contributed by atoms with Crippen LogP contribution in [0.4, 0.5) is 8.78 Å². The van der Waals surface area contributed by atoms with Crippen LogP contribution < -0.4 is 5.32 Å². The second-order valence-corrected chi connectivity index (χ2v) is 3.94. The molecule has 0 bridgehead atoms. The Labute approximate surface area is 115 Å². The van der Waals surface area contributed by atoms with Gasteiger partial charge in [-0.05, 0) is 30.7 Å². The van der Waals surface area contributed by atoms with Crippen LogP contribution in [0.15, 0.2) is 23.8 Å². The number of ether oxygens (including phenoxy) is 1. The summed E-state index contributed by atoms with van der Waals surface area (Å²) in [6.07, 6.45) is 1.61. The number of rotatable bonds is 6. The summed E-state index contributed by atoms with van der Waals surface area (Å²) in [5.74, 6) is -1.98. The Kier molecular flexibility index (Phi) is 6.33. The van der Waals surface area contributed by atoms with Crippen LogP contribution in [0, 0.1) is 23.0 Å². The Morgan fingerprint density at radius 3 is 2.90 bits per heavy atom. The molecule has 0 spiro atoms. The zero-order chi connectivity index (χ0) is 15.0. The number of carbonyl (C=O) groups is 1. The minimum absolute atomic E-state index is 0.145. The van der Waals surface area contributed by atoms with E-state index in [2.05, 4.69) is 5.32 Å². The zero-order valence-corrected chi connectivity index (χ0v) is 11.0. The molecule has 1 aromatic rings. The van der Waals surface area contributed by atoms with E-state index in [1.165, 1.54) is 7.11 Å². The molecule has 0 unspecified atom stereocenters. The van der Waals surface area contributed by atoms with Crippen LogP contribution in [0.3, 0.4) is 0 Å². The topological polar surface area (TPSA) is 62.1 Å². The highest BCUT2D eigenvalue weighted by molar-refractivity contribution is 6.01. The smallest absolute Gasteiger partial charge is 0.261 e. The number of carbonyl (C=O) groups excluding carboxylic acids is 1. The van der Waals surface area contributed by atoms with Crippen molar-refractivity contribution in [2.24, 2.45) is 0 Å². The molecule has 4 nitrogen and oxygen atoms in total. The molecule has 0 aromatic heterocycles. The lowest BCUT2D eigenvalue weighted by Gasteiger charge is -2.04. The van der Waals surface area contributed by atoms with E-state index in [-0.39, 0.29) is 11.1 Å². The maximum Gasteiger partial charge on any atom is 0.261 e. The van der Waals surface area contributed by atoms with Crippen molar-refractivity contribution in [3.8, 4) is 6.07 Å². The first-order valence-electron chi connectivity index (χ1n) is 5.92. The molecule has 0 saturated carbocycles. The molecule has 0 radical (unpaired) electrons. The van der Waals surface area contributed by atoms with E-state index in [1.807, 2.05) is 0 Å². The summed E-state index contributed by atoms with van der Waals surface area (Å²) in [6, 6.07) is 4.49. The van der Waals surface area contributed by atoms with Gasteiger partial charge < -0.3 is 10.1 Å². The number of hydrogen-bond acceptors (Lipinski definition) is 3. The van der Waals surface area contributed by atoms with Crippen LogP contribution >= 0.6 is 0 Å². The van der Waals surface area contributed by atoms with Crippen LogP contribution in [0.5, 0.6) is 0 Å². The highest BCUT2D eigenvalue weighted by atomic mass is 19.1. The largest absolute Gasteiger partial charge is 0.385 e. The van der Waals surface area contributed by atoms with Crippen molar-refractivity contribution in [1.29, 1.82) is 5.26 Å². The molecule has 0 aliphatic rings. The molecule has 1 rings (SSSR count). The van der Waals surface area contributed by atoms with Gasteiger partial charge in [0, 0.05) is 25.8 Å². The van der Waals surface area contributed by atoms with Gasteiger partial charge in [-0.15, -0.1) is 0 Å². The van der Waals surface area contributed by atoms with E-state index >= 15 is 0 Å². The maximum atomic E-state index is 13.4. The van der Waals surface area contributed by atoms with E-state index in [1.54, 1.807) is 6.07 Å². The van der Waals surface area contributed by atoms with Crippen molar-refractivity contribution in [2.45, 2.75) is 6.42 Å². The van der Waals surface area contributed by atoms with E-state index < -0.39 is 17.5 Å². The number of benzene rings is 1. The summed E-state index contributed by atoms with van der Waals surface area (Å²) < 4.78 is 31.2. The Balaban J connectivity index is 2.79. The average molecular weight is 280 g/mol. The fraction of sp³-hybridized carbons (Fsp3) is 0.286. The summed E-state index contributed by atoms with van der Waals surface area (Å²) >= 11 is 0. The monoisotopic (exact) mass is 280 g/mol. The van der Waals surface area contributed by atoms with Gasteiger partial charge in [-0.3, -0.25) is 4.79 Å². The molecular formula is C14H14F2N2O2. The first-order chi connectivity index (χ1) is 9.58. The highest BCUT2D eigenvalue weighted by Gasteiger charge is 2.10. The molecule has 20 heavy (non-hydrogen) atoms. The van der Waals surface area contributed by atoms with Crippen LogP contribution in [0.2, 0.25) is 0 Å². The number of amides is 1. The number of nitrogens with zero attached hydrogens (tertiary/aromatic N) is 1. The molecule has 1 aromatic carbocycles. The molecule has 0 aliphatic carbocycles. The standard InChI is InChI=1S/C14H14F2N2O2/c1-20-6-2-5-18-14(19)11(9-17)7-10-8-12(15)3-4-13(10)16/h3-4,7-8H,2,5-6H2,1H3,(H,18,19)/b11-7+. The van der Waals surface area contributed by atoms with Gasteiger partial charge in [0.05, 0.1) is 0 Å². The van der Waals surface area contributed by atoms with Gasteiger partial charge in [0.1, 0.15) is 23.3 Å². The molecule has 106 valence electrons. The maximum absolute atomic E-state index is 13.4. The average Bonchev–Trinajstić information content (AvgIpc) is 2.44. The van der Waals surface area contributed by atoms with Gasteiger partial charge >= 0.3 is 0 Å². The van der Waals surface area contributed by atoms with E-state index in [9.17, 15) is 13.6 Å². The second-order valence-electron chi connectivity index (χ2n) is 3.94. The normalized spacial score (nSPS) is 11.0. The molecular weight excluding hydrogens is 266 g/mol. The van der Waals surface area contributed by atoms with Crippen LogP contribution in [0.1, 0.15) is 12.0 Å². The Morgan fingerprint density at radius 1 is 1.50 bits per heavy atom. The van der Waals surface area contributed by atoms with Crippen LogP contribution in [-0.4, -0.2) is 26.2 Å². The minimum atomic E-state index is -0.702. The first-order valence-corrected chi connectivity index (χ1v) is 5.92. The number of hydrogen-bond donors (Lipinski definition) is 1. The van der Waals surface area contributed by atoms with Gasteiger partial charge in [-0.2, -0.15) is 5.26 Å². The van der Waals surface area contributed by atoms with E-state index in [0.717, 1.165) is 24.3 Å². The lowest BCUT2D eigenvalue weighted by molar-refractivity contribution is -0.117. The van der Waals surface area contributed by atoms with Gasteiger partial charge in [-0.1, -0.05) is 0 Å². The summed E-state index contributed by atoms with van der Waals surface area (Å²) in [5, 5.41) is 11.4. The van der Waals surface area contributed by atoms with Crippen molar-refractivity contribution < 1.29 is 18.3 Å². The fourth-order valence-corrected chi connectivity index (χ4v) is 1.44. The van der Waals surface area contributed by atoms with Crippen molar-refractivity contribution in [3.05, 3.63) is 41.0 Å². The third-order valence-electron chi connectivity index (χ3n) is 2.43. The number of nitriles is 1. The summed E-state index contributed by atoms with van der Waals surface area (Å²) in [6.45, 7) is 0.807. The SMILES string of the molecule is COCCCNC(=O)/C(C#N)=C/c1cc(F)ccc1F. The van der Waals surface area contributed by atoms with Crippen molar-refractivity contribution in [3.63, 3.8) is 0 Å². The van der Waals surface area contributed by atoms with Gasteiger partial charge in [0.2, 0.25) is 0 Å². The van der Waals surface area contributed by atoms with Crippen LogP contribution in [-0.2, 0) is 9.53 Å². The predicted molar refractivity (Wildman–Crippen MR) is 69.5 cm³/mol. The summed E-state index contributed by atoms with van der Waals surface area (Å²) in [5.41, 5.74) is -0.430. The lowest BCUT2D eigenvalue weighted by Crippen LogP contribution is -2.26. The molecule has 1 amide bonds. The number of halogens is 2. The van der Waals surface area contributed by atoms with Crippen molar-refractivity contribution >= 4 is 12.0 Å².